The average Bonchev–Trinajstić information content (AvgIpc) is 2.40. The number of nitrogen functional groups attached to an aromatic ring is 1. The predicted molar refractivity (Wildman–Crippen MR) is 65.7 cm³/mol. The first-order chi connectivity index (χ1) is 8.69. The molecule has 0 fully saturated rings. The minimum absolute atomic E-state index is 0.143. The van der Waals surface area contributed by atoms with Crippen LogP contribution in [0.25, 0.3) is 0 Å². The summed E-state index contributed by atoms with van der Waals surface area (Å²) in [4.78, 5) is 4.09. The van der Waals surface area contributed by atoms with Crippen molar-refractivity contribution in [1.82, 2.24) is 4.98 Å². The number of anilines is 2. The summed E-state index contributed by atoms with van der Waals surface area (Å²) < 4.78 is 26.3. The Morgan fingerprint density at radius 1 is 1.11 bits per heavy atom. The Morgan fingerprint density at radius 2 is 1.89 bits per heavy atom. The molecule has 0 unspecified atom stereocenters. The molecule has 2 rings (SSSR count). The number of halogens is 2. The van der Waals surface area contributed by atoms with Gasteiger partial charge >= 0.3 is 0 Å². The van der Waals surface area contributed by atoms with Crippen LogP contribution >= 0.6 is 0 Å². The van der Waals surface area contributed by atoms with Gasteiger partial charge in [0.05, 0.1) is 0 Å². The number of aromatic nitrogens is 1. The van der Waals surface area contributed by atoms with Crippen LogP contribution in [0.2, 0.25) is 0 Å². The summed E-state index contributed by atoms with van der Waals surface area (Å²) in [6.45, 7) is 0.143. The zero-order valence-corrected chi connectivity index (χ0v) is 9.45. The summed E-state index contributed by atoms with van der Waals surface area (Å²) in [5, 5.41) is 2.89. The highest BCUT2D eigenvalue weighted by atomic mass is 19.1. The molecule has 18 heavy (non-hydrogen) atoms. The first-order valence-corrected chi connectivity index (χ1v) is 5.30. The molecule has 1 heterocycles. The number of nitrogens with zero attached hydrogens (tertiary/aromatic N) is 1. The van der Waals surface area contributed by atoms with E-state index in [1.165, 1.54) is 0 Å². The lowest BCUT2D eigenvalue weighted by atomic mass is 10.2. The Hall–Kier alpha value is -2.21. The van der Waals surface area contributed by atoms with Crippen LogP contribution in [-0.4, -0.2) is 4.98 Å². The van der Waals surface area contributed by atoms with Crippen LogP contribution in [-0.2, 0) is 6.54 Å². The Morgan fingerprint density at radius 3 is 2.67 bits per heavy atom. The average molecular weight is 250 g/mol. The second-order valence-electron chi connectivity index (χ2n) is 3.64. The van der Waals surface area contributed by atoms with Gasteiger partial charge in [0, 0.05) is 12.1 Å². The van der Waals surface area contributed by atoms with E-state index in [0.29, 0.717) is 11.6 Å². The van der Waals surface area contributed by atoms with Crippen molar-refractivity contribution in [3.05, 3.63) is 53.6 Å². The first kappa shape index (κ1) is 12.3. The van der Waals surface area contributed by atoms with E-state index >= 15 is 0 Å². The van der Waals surface area contributed by atoms with Gasteiger partial charge in [0.1, 0.15) is 23.3 Å². The van der Waals surface area contributed by atoms with Gasteiger partial charge in [-0.05, 0) is 30.3 Å². The standard InChI is InChI=1S/C12H12F2N4/c13-9-4-5-10(14)8(6-9)7-16-11-2-1-3-12(17-11)18-15/h1-6H,7,15H2,(H2,16,17,18). The molecular formula is C12H12F2N4. The van der Waals surface area contributed by atoms with E-state index in [0.717, 1.165) is 18.2 Å². The molecule has 0 aliphatic heterocycles. The third kappa shape index (κ3) is 2.92. The number of nitrogens with one attached hydrogen (secondary N) is 2. The van der Waals surface area contributed by atoms with E-state index in [9.17, 15) is 8.78 Å². The Labute approximate surface area is 103 Å². The molecule has 94 valence electrons. The number of pyridine rings is 1. The van der Waals surface area contributed by atoms with Crippen molar-refractivity contribution >= 4 is 11.6 Å². The minimum atomic E-state index is -0.474. The molecule has 1 aromatic carbocycles. The maximum Gasteiger partial charge on any atom is 0.142 e. The molecule has 0 aliphatic carbocycles. The molecule has 0 bridgehead atoms. The number of hydrogen-bond acceptors (Lipinski definition) is 4. The molecular weight excluding hydrogens is 238 g/mol. The highest BCUT2D eigenvalue weighted by molar-refractivity contribution is 5.44. The summed E-state index contributed by atoms with van der Waals surface area (Å²) in [5.41, 5.74) is 2.64. The molecule has 0 atom stereocenters. The SMILES string of the molecule is NNc1cccc(NCc2cc(F)ccc2F)n1. The quantitative estimate of drug-likeness (QED) is 0.575. The molecule has 0 saturated heterocycles. The number of hydrazine groups is 1. The topological polar surface area (TPSA) is 63.0 Å². The van der Waals surface area contributed by atoms with Crippen LogP contribution in [0, 0.1) is 11.6 Å². The van der Waals surface area contributed by atoms with Gasteiger partial charge < -0.3 is 10.7 Å². The van der Waals surface area contributed by atoms with Crippen molar-refractivity contribution < 1.29 is 8.78 Å². The van der Waals surface area contributed by atoms with Crippen LogP contribution in [0.4, 0.5) is 20.4 Å². The van der Waals surface area contributed by atoms with Gasteiger partial charge in [0.2, 0.25) is 0 Å². The Balaban J connectivity index is 2.08. The molecule has 4 nitrogen and oxygen atoms in total. The Kier molecular flexibility index (Phi) is 3.69. The lowest BCUT2D eigenvalue weighted by Crippen LogP contribution is -2.10. The molecule has 0 amide bonds. The molecule has 4 N–H and O–H groups in total. The van der Waals surface area contributed by atoms with Crippen molar-refractivity contribution in [2.45, 2.75) is 6.54 Å². The lowest BCUT2D eigenvalue weighted by molar-refractivity contribution is 0.587. The monoisotopic (exact) mass is 250 g/mol. The molecule has 0 spiro atoms. The number of nitrogens with two attached hydrogens (primary N) is 1. The smallest absolute Gasteiger partial charge is 0.142 e. The van der Waals surface area contributed by atoms with Gasteiger partial charge in [-0.15, -0.1) is 0 Å². The molecule has 2 aromatic rings. The van der Waals surface area contributed by atoms with Crippen LogP contribution in [0.3, 0.4) is 0 Å². The van der Waals surface area contributed by atoms with Crippen LogP contribution in [0.15, 0.2) is 36.4 Å². The maximum absolute atomic E-state index is 13.4. The van der Waals surface area contributed by atoms with E-state index in [1.54, 1.807) is 18.2 Å². The van der Waals surface area contributed by atoms with Gasteiger partial charge in [-0.2, -0.15) is 0 Å². The zero-order valence-electron chi connectivity index (χ0n) is 9.45. The van der Waals surface area contributed by atoms with Crippen LogP contribution in [0.1, 0.15) is 5.56 Å². The summed E-state index contributed by atoms with van der Waals surface area (Å²) >= 11 is 0. The second-order valence-corrected chi connectivity index (χ2v) is 3.64. The fourth-order valence-electron chi connectivity index (χ4n) is 1.48. The fraction of sp³-hybridized carbons (Fsp3) is 0.0833. The van der Waals surface area contributed by atoms with Crippen molar-refractivity contribution in [3.63, 3.8) is 0 Å². The molecule has 0 saturated carbocycles. The highest BCUT2D eigenvalue weighted by Gasteiger charge is 2.04. The third-order valence-electron chi connectivity index (χ3n) is 2.36. The van der Waals surface area contributed by atoms with Gasteiger partial charge in [-0.25, -0.2) is 19.6 Å². The summed E-state index contributed by atoms with van der Waals surface area (Å²) in [7, 11) is 0. The normalized spacial score (nSPS) is 10.2. The van der Waals surface area contributed by atoms with Crippen molar-refractivity contribution in [3.8, 4) is 0 Å². The zero-order chi connectivity index (χ0) is 13.0. The molecule has 1 aromatic heterocycles. The molecule has 0 radical (unpaired) electrons. The largest absolute Gasteiger partial charge is 0.366 e. The lowest BCUT2D eigenvalue weighted by Gasteiger charge is -2.08. The van der Waals surface area contributed by atoms with Gasteiger partial charge in [0.25, 0.3) is 0 Å². The number of benzene rings is 1. The van der Waals surface area contributed by atoms with E-state index < -0.39 is 11.6 Å². The van der Waals surface area contributed by atoms with Gasteiger partial charge in [-0.1, -0.05) is 6.07 Å². The minimum Gasteiger partial charge on any atom is -0.366 e. The fourth-order valence-corrected chi connectivity index (χ4v) is 1.48. The summed E-state index contributed by atoms with van der Waals surface area (Å²) in [6.07, 6.45) is 0. The van der Waals surface area contributed by atoms with E-state index in [-0.39, 0.29) is 12.1 Å². The highest BCUT2D eigenvalue weighted by Crippen LogP contribution is 2.13. The van der Waals surface area contributed by atoms with Crippen LogP contribution < -0.4 is 16.6 Å². The van der Waals surface area contributed by atoms with E-state index in [2.05, 4.69) is 15.7 Å². The van der Waals surface area contributed by atoms with Crippen molar-refractivity contribution in [1.29, 1.82) is 0 Å². The third-order valence-corrected chi connectivity index (χ3v) is 2.36. The molecule has 0 aliphatic rings. The van der Waals surface area contributed by atoms with Crippen molar-refractivity contribution in [2.75, 3.05) is 10.7 Å². The molecule has 6 heteroatoms. The Bertz CT molecular complexity index is 545. The van der Waals surface area contributed by atoms with E-state index in [1.807, 2.05) is 0 Å². The predicted octanol–water partition coefficient (Wildman–Crippen LogP) is 2.26. The maximum atomic E-state index is 13.4. The summed E-state index contributed by atoms with van der Waals surface area (Å²) in [6, 6.07) is 8.46. The number of hydrogen-bond donors (Lipinski definition) is 3. The second kappa shape index (κ2) is 5.42. The van der Waals surface area contributed by atoms with Gasteiger partial charge in [-0.3, -0.25) is 0 Å². The van der Waals surface area contributed by atoms with Crippen molar-refractivity contribution in [2.24, 2.45) is 5.84 Å². The number of rotatable bonds is 4. The van der Waals surface area contributed by atoms with E-state index in [4.69, 9.17) is 5.84 Å². The van der Waals surface area contributed by atoms with Crippen LogP contribution in [0.5, 0.6) is 0 Å². The van der Waals surface area contributed by atoms with Gasteiger partial charge in [0.15, 0.2) is 0 Å². The first-order valence-electron chi connectivity index (χ1n) is 5.30. The summed E-state index contributed by atoms with van der Waals surface area (Å²) in [5.74, 6) is 5.29.